The molecule has 2 heterocycles. The van der Waals surface area contributed by atoms with Crippen LogP contribution in [0.1, 0.15) is 19.4 Å². The largest absolute Gasteiger partial charge is 0.374 e. The maximum absolute atomic E-state index is 5.97. The van der Waals surface area contributed by atoms with Crippen molar-refractivity contribution in [2.45, 2.75) is 38.6 Å². The summed E-state index contributed by atoms with van der Waals surface area (Å²) in [6.07, 6.45) is 0.403. The van der Waals surface area contributed by atoms with Crippen molar-refractivity contribution in [1.82, 2.24) is 9.80 Å². The average molecular weight is 260 g/mol. The highest BCUT2D eigenvalue weighted by Crippen LogP contribution is 2.25. The molecule has 3 heteroatoms. The fourth-order valence-electron chi connectivity index (χ4n) is 3.22. The summed E-state index contributed by atoms with van der Waals surface area (Å²) in [7, 11) is 0. The molecule has 2 aliphatic heterocycles. The Morgan fingerprint density at radius 2 is 2.00 bits per heavy atom. The molecule has 0 aliphatic carbocycles. The lowest BCUT2D eigenvalue weighted by Crippen LogP contribution is -2.50. The van der Waals surface area contributed by atoms with Gasteiger partial charge in [0.25, 0.3) is 0 Å². The summed E-state index contributed by atoms with van der Waals surface area (Å²) in [6, 6.07) is 12.0. The first-order chi connectivity index (χ1) is 9.24. The van der Waals surface area contributed by atoms with E-state index in [1.807, 2.05) is 0 Å². The van der Waals surface area contributed by atoms with Gasteiger partial charge in [-0.15, -0.1) is 0 Å². The van der Waals surface area contributed by atoms with Crippen molar-refractivity contribution in [3.8, 4) is 0 Å². The molecule has 2 aliphatic rings. The number of nitrogens with zero attached hydrogens (tertiary/aromatic N) is 2. The molecular formula is C16H24N2O. The Morgan fingerprint density at radius 3 is 2.74 bits per heavy atom. The van der Waals surface area contributed by atoms with Gasteiger partial charge in [-0.2, -0.15) is 0 Å². The van der Waals surface area contributed by atoms with Gasteiger partial charge in [0.15, 0.2) is 0 Å². The fraction of sp³-hybridized carbons (Fsp3) is 0.625. The predicted molar refractivity (Wildman–Crippen MR) is 77.1 cm³/mol. The molecule has 2 fully saturated rings. The third-order valence-corrected chi connectivity index (χ3v) is 4.40. The molecule has 0 amide bonds. The van der Waals surface area contributed by atoms with E-state index in [9.17, 15) is 0 Å². The van der Waals surface area contributed by atoms with Crippen molar-refractivity contribution in [2.75, 3.05) is 26.2 Å². The molecule has 2 saturated heterocycles. The summed E-state index contributed by atoms with van der Waals surface area (Å²) in [5.74, 6) is 0. The Kier molecular flexibility index (Phi) is 3.87. The molecule has 2 unspecified atom stereocenters. The Labute approximate surface area is 116 Å². The van der Waals surface area contributed by atoms with Crippen LogP contribution >= 0.6 is 0 Å². The minimum atomic E-state index is 0.403. The van der Waals surface area contributed by atoms with E-state index in [0.29, 0.717) is 18.2 Å². The van der Waals surface area contributed by atoms with Gasteiger partial charge in [-0.25, -0.2) is 0 Å². The Bertz CT molecular complexity index is 406. The van der Waals surface area contributed by atoms with E-state index in [0.717, 1.165) is 32.8 Å². The zero-order chi connectivity index (χ0) is 13.2. The summed E-state index contributed by atoms with van der Waals surface area (Å²) in [5.41, 5.74) is 1.41. The van der Waals surface area contributed by atoms with E-state index >= 15 is 0 Å². The van der Waals surface area contributed by atoms with E-state index < -0.39 is 0 Å². The highest BCUT2D eigenvalue weighted by atomic mass is 16.5. The van der Waals surface area contributed by atoms with Crippen LogP contribution in [0, 0.1) is 0 Å². The van der Waals surface area contributed by atoms with Gasteiger partial charge in [-0.05, 0) is 19.4 Å². The zero-order valence-electron chi connectivity index (χ0n) is 12.0. The molecule has 2 atom stereocenters. The molecule has 0 spiro atoms. The third kappa shape index (κ3) is 2.83. The van der Waals surface area contributed by atoms with Crippen molar-refractivity contribution in [3.05, 3.63) is 35.9 Å². The second-order valence-corrected chi connectivity index (χ2v) is 5.98. The van der Waals surface area contributed by atoms with Crippen LogP contribution in [-0.4, -0.2) is 54.2 Å². The van der Waals surface area contributed by atoms with Gasteiger partial charge in [0.2, 0.25) is 0 Å². The summed E-state index contributed by atoms with van der Waals surface area (Å²) in [6.45, 7) is 9.78. The molecule has 1 aromatic rings. The predicted octanol–water partition coefficient (Wildman–Crippen LogP) is 1.98. The first-order valence-corrected chi connectivity index (χ1v) is 7.37. The smallest absolute Gasteiger partial charge is 0.0870 e. The lowest BCUT2D eigenvalue weighted by atomic mass is 10.1. The number of ether oxygens (including phenoxy) is 1. The highest BCUT2D eigenvalue weighted by Gasteiger charge is 2.40. The van der Waals surface area contributed by atoms with E-state index in [2.05, 4.69) is 54.0 Å². The SMILES string of the molecule is CC(C)N1CC2OCCN(Cc3ccccc3)C2C1. The highest BCUT2D eigenvalue weighted by molar-refractivity contribution is 5.15. The van der Waals surface area contributed by atoms with Crippen LogP contribution in [-0.2, 0) is 11.3 Å². The first kappa shape index (κ1) is 13.1. The number of rotatable bonds is 3. The number of benzene rings is 1. The van der Waals surface area contributed by atoms with Crippen molar-refractivity contribution in [3.63, 3.8) is 0 Å². The quantitative estimate of drug-likeness (QED) is 0.826. The lowest BCUT2D eigenvalue weighted by Gasteiger charge is -2.37. The van der Waals surface area contributed by atoms with Gasteiger partial charge in [0, 0.05) is 32.2 Å². The maximum Gasteiger partial charge on any atom is 0.0870 e. The monoisotopic (exact) mass is 260 g/mol. The van der Waals surface area contributed by atoms with Crippen molar-refractivity contribution >= 4 is 0 Å². The molecule has 3 rings (SSSR count). The third-order valence-electron chi connectivity index (χ3n) is 4.40. The second-order valence-electron chi connectivity index (χ2n) is 5.98. The standard InChI is InChI=1S/C16H24N2O/c1-13(2)18-11-15-16(12-18)19-9-8-17(15)10-14-6-4-3-5-7-14/h3-7,13,15-16H,8-12H2,1-2H3. The molecule has 0 bridgehead atoms. The van der Waals surface area contributed by atoms with Gasteiger partial charge in [0.05, 0.1) is 18.8 Å². The van der Waals surface area contributed by atoms with Crippen molar-refractivity contribution < 1.29 is 4.74 Å². The van der Waals surface area contributed by atoms with E-state index in [1.54, 1.807) is 0 Å². The Morgan fingerprint density at radius 1 is 1.21 bits per heavy atom. The Hall–Kier alpha value is -0.900. The minimum absolute atomic E-state index is 0.403. The molecule has 0 N–H and O–H groups in total. The second kappa shape index (κ2) is 5.61. The molecule has 0 saturated carbocycles. The number of hydrogen-bond acceptors (Lipinski definition) is 3. The van der Waals surface area contributed by atoms with Gasteiger partial charge in [-0.3, -0.25) is 9.80 Å². The molecule has 19 heavy (non-hydrogen) atoms. The van der Waals surface area contributed by atoms with Crippen molar-refractivity contribution in [1.29, 1.82) is 0 Å². The van der Waals surface area contributed by atoms with Crippen molar-refractivity contribution in [2.24, 2.45) is 0 Å². The van der Waals surface area contributed by atoms with E-state index in [4.69, 9.17) is 4.74 Å². The minimum Gasteiger partial charge on any atom is -0.374 e. The number of hydrogen-bond donors (Lipinski definition) is 0. The number of likely N-dealkylation sites (tertiary alicyclic amines) is 1. The van der Waals surface area contributed by atoms with Gasteiger partial charge >= 0.3 is 0 Å². The molecule has 104 valence electrons. The van der Waals surface area contributed by atoms with Gasteiger partial charge < -0.3 is 4.74 Å². The summed E-state index contributed by atoms with van der Waals surface area (Å²) < 4.78 is 5.97. The van der Waals surface area contributed by atoms with Gasteiger partial charge in [-0.1, -0.05) is 30.3 Å². The first-order valence-electron chi connectivity index (χ1n) is 7.37. The summed E-state index contributed by atoms with van der Waals surface area (Å²) >= 11 is 0. The summed E-state index contributed by atoms with van der Waals surface area (Å²) in [4.78, 5) is 5.14. The van der Waals surface area contributed by atoms with Crippen LogP contribution in [0.3, 0.4) is 0 Å². The van der Waals surface area contributed by atoms with Crippen LogP contribution in [0.2, 0.25) is 0 Å². The fourth-order valence-corrected chi connectivity index (χ4v) is 3.22. The zero-order valence-corrected chi connectivity index (χ0v) is 12.0. The molecular weight excluding hydrogens is 236 g/mol. The van der Waals surface area contributed by atoms with Crippen LogP contribution in [0.4, 0.5) is 0 Å². The summed E-state index contributed by atoms with van der Waals surface area (Å²) in [5, 5.41) is 0. The normalized spacial score (nSPS) is 28.8. The molecule has 0 aromatic heterocycles. The number of fused-ring (bicyclic) bond motifs is 1. The Balaban J connectivity index is 1.69. The lowest BCUT2D eigenvalue weighted by molar-refractivity contribution is -0.0505. The van der Waals surface area contributed by atoms with E-state index in [1.165, 1.54) is 5.56 Å². The molecule has 0 radical (unpaired) electrons. The topological polar surface area (TPSA) is 15.7 Å². The van der Waals surface area contributed by atoms with Crippen LogP contribution in [0.25, 0.3) is 0 Å². The van der Waals surface area contributed by atoms with E-state index in [-0.39, 0.29) is 0 Å². The number of morpholine rings is 1. The van der Waals surface area contributed by atoms with Crippen LogP contribution < -0.4 is 0 Å². The van der Waals surface area contributed by atoms with Crippen LogP contribution in [0.5, 0.6) is 0 Å². The van der Waals surface area contributed by atoms with Gasteiger partial charge in [0.1, 0.15) is 0 Å². The van der Waals surface area contributed by atoms with Crippen LogP contribution in [0.15, 0.2) is 30.3 Å². The maximum atomic E-state index is 5.97. The molecule has 1 aromatic carbocycles. The average Bonchev–Trinajstić information content (AvgIpc) is 2.85. The molecule has 3 nitrogen and oxygen atoms in total.